The zero-order chi connectivity index (χ0) is 12.0. The van der Waals surface area contributed by atoms with Gasteiger partial charge < -0.3 is 15.2 Å². The van der Waals surface area contributed by atoms with Crippen LogP contribution in [0, 0.1) is 13.8 Å². The second-order valence-electron chi connectivity index (χ2n) is 3.68. The lowest BCUT2D eigenvalue weighted by atomic mass is 10.2. The van der Waals surface area contributed by atoms with E-state index in [1.165, 1.54) is 0 Å². The van der Waals surface area contributed by atoms with Crippen molar-refractivity contribution in [2.45, 2.75) is 26.9 Å². The number of aryl methyl sites for hydroxylation is 1. The molecule has 0 atom stereocenters. The zero-order valence-corrected chi connectivity index (χ0v) is 10.3. The standard InChI is InChI=1S/C11H21N3O2/c1-9-11(8-12)10(2)14(13-9)4-5-16-7-6-15-3/h4-8,12H2,1-3H3. The van der Waals surface area contributed by atoms with E-state index in [4.69, 9.17) is 15.2 Å². The molecule has 5 heteroatoms. The Morgan fingerprint density at radius 1 is 1.25 bits per heavy atom. The van der Waals surface area contributed by atoms with Crippen LogP contribution in [-0.2, 0) is 22.6 Å². The first-order valence-electron chi connectivity index (χ1n) is 5.50. The van der Waals surface area contributed by atoms with Crippen molar-refractivity contribution in [3.05, 3.63) is 17.0 Å². The van der Waals surface area contributed by atoms with Gasteiger partial charge in [-0.3, -0.25) is 4.68 Å². The van der Waals surface area contributed by atoms with Gasteiger partial charge in [0.1, 0.15) is 0 Å². The Hall–Kier alpha value is -0.910. The summed E-state index contributed by atoms with van der Waals surface area (Å²) >= 11 is 0. The molecule has 1 heterocycles. The van der Waals surface area contributed by atoms with Crippen LogP contribution >= 0.6 is 0 Å². The second-order valence-corrected chi connectivity index (χ2v) is 3.68. The van der Waals surface area contributed by atoms with Gasteiger partial charge in [0.25, 0.3) is 0 Å². The average molecular weight is 227 g/mol. The summed E-state index contributed by atoms with van der Waals surface area (Å²) < 4.78 is 12.2. The fourth-order valence-corrected chi connectivity index (χ4v) is 1.64. The summed E-state index contributed by atoms with van der Waals surface area (Å²) in [5.74, 6) is 0. The Kier molecular flexibility index (Phi) is 5.45. The first kappa shape index (κ1) is 13.2. The molecular weight excluding hydrogens is 206 g/mol. The number of methoxy groups -OCH3 is 1. The molecule has 2 N–H and O–H groups in total. The highest BCUT2D eigenvalue weighted by molar-refractivity contribution is 5.23. The van der Waals surface area contributed by atoms with Crippen molar-refractivity contribution in [1.82, 2.24) is 9.78 Å². The maximum Gasteiger partial charge on any atom is 0.0701 e. The molecule has 0 aliphatic heterocycles. The predicted octanol–water partition coefficient (Wildman–Crippen LogP) is 0.622. The average Bonchev–Trinajstić information content (AvgIpc) is 2.53. The lowest BCUT2D eigenvalue weighted by Gasteiger charge is -2.06. The maximum absolute atomic E-state index is 5.66. The monoisotopic (exact) mass is 227 g/mol. The summed E-state index contributed by atoms with van der Waals surface area (Å²) in [5.41, 5.74) is 8.94. The van der Waals surface area contributed by atoms with Crippen molar-refractivity contribution in [2.24, 2.45) is 5.73 Å². The van der Waals surface area contributed by atoms with Crippen molar-refractivity contribution >= 4 is 0 Å². The van der Waals surface area contributed by atoms with Crippen LogP contribution in [0.4, 0.5) is 0 Å². The van der Waals surface area contributed by atoms with Crippen LogP contribution in [0.15, 0.2) is 0 Å². The number of hydrogen-bond acceptors (Lipinski definition) is 4. The van der Waals surface area contributed by atoms with Crippen molar-refractivity contribution in [3.63, 3.8) is 0 Å². The summed E-state index contributed by atoms with van der Waals surface area (Å²) in [4.78, 5) is 0. The van der Waals surface area contributed by atoms with E-state index in [-0.39, 0.29) is 0 Å². The van der Waals surface area contributed by atoms with Gasteiger partial charge in [0.15, 0.2) is 0 Å². The van der Waals surface area contributed by atoms with Gasteiger partial charge in [-0.2, -0.15) is 5.10 Å². The Labute approximate surface area is 96.5 Å². The minimum absolute atomic E-state index is 0.544. The van der Waals surface area contributed by atoms with E-state index in [1.807, 2.05) is 18.5 Å². The van der Waals surface area contributed by atoms with Crippen molar-refractivity contribution in [2.75, 3.05) is 26.9 Å². The largest absolute Gasteiger partial charge is 0.382 e. The molecule has 16 heavy (non-hydrogen) atoms. The number of nitrogens with two attached hydrogens (primary N) is 1. The summed E-state index contributed by atoms with van der Waals surface area (Å²) in [6.45, 7) is 7.23. The Morgan fingerprint density at radius 2 is 2.00 bits per heavy atom. The van der Waals surface area contributed by atoms with E-state index in [9.17, 15) is 0 Å². The third-order valence-corrected chi connectivity index (χ3v) is 2.61. The molecule has 0 bridgehead atoms. The first-order chi connectivity index (χ1) is 7.70. The van der Waals surface area contributed by atoms with Crippen LogP contribution in [-0.4, -0.2) is 36.7 Å². The summed E-state index contributed by atoms with van der Waals surface area (Å²) in [5, 5.41) is 4.42. The van der Waals surface area contributed by atoms with E-state index in [0.717, 1.165) is 23.5 Å². The van der Waals surface area contributed by atoms with Crippen LogP contribution in [0.3, 0.4) is 0 Å². The lowest BCUT2D eigenvalue weighted by molar-refractivity contribution is 0.0651. The number of rotatable bonds is 7. The third kappa shape index (κ3) is 3.30. The topological polar surface area (TPSA) is 62.3 Å². The number of nitrogens with zero attached hydrogens (tertiary/aromatic N) is 2. The highest BCUT2D eigenvalue weighted by Gasteiger charge is 2.08. The third-order valence-electron chi connectivity index (χ3n) is 2.61. The molecule has 1 aromatic heterocycles. The molecule has 0 aliphatic rings. The molecule has 0 spiro atoms. The van der Waals surface area contributed by atoms with Gasteiger partial charge in [0.05, 0.1) is 32.1 Å². The highest BCUT2D eigenvalue weighted by Crippen LogP contribution is 2.11. The van der Waals surface area contributed by atoms with Gasteiger partial charge >= 0.3 is 0 Å². The molecule has 0 aliphatic carbocycles. The molecule has 1 aromatic rings. The summed E-state index contributed by atoms with van der Waals surface area (Å²) in [6, 6.07) is 0. The van der Waals surface area contributed by atoms with Gasteiger partial charge in [-0.15, -0.1) is 0 Å². The Balaban J connectivity index is 2.42. The van der Waals surface area contributed by atoms with Gasteiger partial charge in [0.2, 0.25) is 0 Å². The summed E-state index contributed by atoms with van der Waals surface area (Å²) in [7, 11) is 1.66. The SMILES string of the molecule is COCCOCCn1nc(C)c(CN)c1C. The molecule has 0 unspecified atom stereocenters. The minimum atomic E-state index is 0.544. The van der Waals surface area contributed by atoms with Crippen molar-refractivity contribution in [1.29, 1.82) is 0 Å². The van der Waals surface area contributed by atoms with E-state index in [0.29, 0.717) is 26.4 Å². The van der Waals surface area contributed by atoms with Crippen LogP contribution < -0.4 is 5.73 Å². The predicted molar refractivity (Wildman–Crippen MR) is 62.3 cm³/mol. The molecule has 0 aromatic carbocycles. The molecule has 0 fully saturated rings. The molecule has 0 saturated carbocycles. The van der Waals surface area contributed by atoms with Gasteiger partial charge in [-0.05, 0) is 13.8 Å². The number of aromatic nitrogens is 2. The van der Waals surface area contributed by atoms with Crippen LogP contribution in [0.5, 0.6) is 0 Å². The second kappa shape index (κ2) is 6.62. The van der Waals surface area contributed by atoms with Gasteiger partial charge in [-0.1, -0.05) is 0 Å². The molecular formula is C11H21N3O2. The smallest absolute Gasteiger partial charge is 0.0701 e. The zero-order valence-electron chi connectivity index (χ0n) is 10.3. The van der Waals surface area contributed by atoms with Gasteiger partial charge in [0, 0.05) is 24.9 Å². The number of ether oxygens (including phenoxy) is 2. The molecule has 1 rings (SSSR count). The van der Waals surface area contributed by atoms with Crippen LogP contribution in [0.2, 0.25) is 0 Å². The van der Waals surface area contributed by atoms with E-state index in [1.54, 1.807) is 7.11 Å². The lowest BCUT2D eigenvalue weighted by Crippen LogP contribution is -2.11. The fourth-order valence-electron chi connectivity index (χ4n) is 1.64. The molecule has 0 saturated heterocycles. The summed E-state index contributed by atoms with van der Waals surface area (Å²) in [6.07, 6.45) is 0. The fraction of sp³-hybridized carbons (Fsp3) is 0.727. The molecule has 0 radical (unpaired) electrons. The highest BCUT2D eigenvalue weighted by atomic mass is 16.5. The van der Waals surface area contributed by atoms with Crippen molar-refractivity contribution in [3.8, 4) is 0 Å². The van der Waals surface area contributed by atoms with Crippen molar-refractivity contribution < 1.29 is 9.47 Å². The van der Waals surface area contributed by atoms with E-state index >= 15 is 0 Å². The maximum atomic E-state index is 5.66. The van der Waals surface area contributed by atoms with Gasteiger partial charge in [-0.25, -0.2) is 0 Å². The van der Waals surface area contributed by atoms with Crippen LogP contribution in [0.1, 0.15) is 17.0 Å². The molecule has 0 amide bonds. The molecule has 5 nitrogen and oxygen atoms in total. The normalized spacial score (nSPS) is 11.0. The van der Waals surface area contributed by atoms with E-state index < -0.39 is 0 Å². The minimum Gasteiger partial charge on any atom is -0.382 e. The first-order valence-corrected chi connectivity index (χ1v) is 5.50. The molecule has 92 valence electrons. The quantitative estimate of drug-likeness (QED) is 0.694. The van der Waals surface area contributed by atoms with Crippen LogP contribution in [0.25, 0.3) is 0 Å². The Bertz CT molecular complexity index is 323. The number of hydrogen-bond donors (Lipinski definition) is 1. The van der Waals surface area contributed by atoms with E-state index in [2.05, 4.69) is 5.10 Å². The Morgan fingerprint density at radius 3 is 2.56 bits per heavy atom.